The summed E-state index contributed by atoms with van der Waals surface area (Å²) in [7, 11) is 0. The molecule has 1 heterocycles. The number of nitrogens with two attached hydrogens (primary N) is 1. The highest BCUT2D eigenvalue weighted by Crippen LogP contribution is 2.23. The van der Waals surface area contributed by atoms with Gasteiger partial charge in [0.15, 0.2) is 0 Å². The van der Waals surface area contributed by atoms with Crippen LogP contribution in [0.1, 0.15) is 52.9 Å². The molecule has 0 aromatic carbocycles. The van der Waals surface area contributed by atoms with Gasteiger partial charge in [-0.15, -0.1) is 0 Å². The Kier molecular flexibility index (Phi) is 4.58. The van der Waals surface area contributed by atoms with Crippen LogP contribution in [-0.2, 0) is 4.79 Å². The molecule has 2 N–H and O–H groups in total. The Labute approximate surface area is 93.0 Å². The van der Waals surface area contributed by atoms with Gasteiger partial charge in [-0.25, -0.2) is 0 Å². The van der Waals surface area contributed by atoms with Gasteiger partial charge in [0.05, 0.1) is 6.04 Å². The zero-order valence-electron chi connectivity index (χ0n) is 10.2. The molecule has 0 spiro atoms. The fourth-order valence-corrected chi connectivity index (χ4v) is 2.48. The average molecular weight is 212 g/mol. The molecule has 0 aliphatic carbocycles. The Hall–Kier alpha value is -0.570. The number of piperidine rings is 1. The van der Waals surface area contributed by atoms with Crippen LogP contribution in [0.15, 0.2) is 0 Å². The highest BCUT2D eigenvalue weighted by atomic mass is 16.2. The van der Waals surface area contributed by atoms with Crippen molar-refractivity contribution in [3.63, 3.8) is 0 Å². The quantitative estimate of drug-likeness (QED) is 0.776. The second kappa shape index (κ2) is 5.50. The molecule has 1 fully saturated rings. The minimum Gasteiger partial charge on any atom is -0.336 e. The highest BCUT2D eigenvalue weighted by Gasteiger charge is 2.31. The van der Waals surface area contributed by atoms with Gasteiger partial charge in [0.25, 0.3) is 0 Å². The fourth-order valence-electron chi connectivity index (χ4n) is 2.48. The zero-order chi connectivity index (χ0) is 11.4. The van der Waals surface area contributed by atoms with Crippen LogP contribution in [0.3, 0.4) is 0 Å². The molecular formula is C12H24N2O. The lowest BCUT2D eigenvalue weighted by molar-refractivity contribution is -0.138. The molecule has 88 valence electrons. The van der Waals surface area contributed by atoms with Gasteiger partial charge in [-0.3, -0.25) is 4.79 Å². The molecule has 1 aliphatic rings. The molecule has 1 saturated heterocycles. The van der Waals surface area contributed by atoms with Crippen LogP contribution in [0, 0.1) is 0 Å². The molecule has 1 aliphatic heterocycles. The van der Waals surface area contributed by atoms with Gasteiger partial charge in [0.1, 0.15) is 0 Å². The summed E-state index contributed by atoms with van der Waals surface area (Å²) in [6, 6.07) is 0.436. The van der Waals surface area contributed by atoms with Crippen LogP contribution in [0.5, 0.6) is 0 Å². The van der Waals surface area contributed by atoms with Crippen LogP contribution >= 0.6 is 0 Å². The topological polar surface area (TPSA) is 46.3 Å². The summed E-state index contributed by atoms with van der Waals surface area (Å²) in [5.74, 6) is 0.150. The molecule has 3 heteroatoms. The van der Waals surface area contributed by atoms with Crippen molar-refractivity contribution in [1.29, 1.82) is 0 Å². The van der Waals surface area contributed by atoms with Crippen molar-refractivity contribution in [3.05, 3.63) is 0 Å². The van der Waals surface area contributed by atoms with E-state index in [0.717, 1.165) is 25.7 Å². The third kappa shape index (κ3) is 2.94. The third-order valence-corrected chi connectivity index (χ3v) is 3.36. The minimum atomic E-state index is -0.294. The summed E-state index contributed by atoms with van der Waals surface area (Å²) in [5.41, 5.74) is 5.89. The Morgan fingerprint density at radius 2 is 1.93 bits per heavy atom. The summed E-state index contributed by atoms with van der Waals surface area (Å²) in [5, 5.41) is 0. The first-order valence-corrected chi connectivity index (χ1v) is 6.15. The van der Waals surface area contributed by atoms with Crippen LogP contribution in [-0.4, -0.2) is 28.9 Å². The van der Waals surface area contributed by atoms with Gasteiger partial charge in [-0.2, -0.15) is 0 Å². The largest absolute Gasteiger partial charge is 0.336 e. The van der Waals surface area contributed by atoms with E-state index in [-0.39, 0.29) is 11.9 Å². The van der Waals surface area contributed by atoms with Crippen LogP contribution in [0.25, 0.3) is 0 Å². The minimum absolute atomic E-state index is 0.150. The first-order valence-electron chi connectivity index (χ1n) is 6.15. The van der Waals surface area contributed by atoms with E-state index in [1.165, 1.54) is 6.42 Å². The summed E-state index contributed by atoms with van der Waals surface area (Å²) < 4.78 is 0. The average Bonchev–Trinajstić information content (AvgIpc) is 2.17. The van der Waals surface area contributed by atoms with Crippen molar-refractivity contribution < 1.29 is 4.79 Å². The van der Waals surface area contributed by atoms with E-state index in [2.05, 4.69) is 20.8 Å². The normalized spacial score (nSPS) is 28.9. The van der Waals surface area contributed by atoms with E-state index < -0.39 is 0 Å². The van der Waals surface area contributed by atoms with E-state index in [0.29, 0.717) is 12.1 Å². The van der Waals surface area contributed by atoms with Crippen molar-refractivity contribution in [2.24, 2.45) is 5.73 Å². The zero-order valence-corrected chi connectivity index (χ0v) is 10.2. The summed E-state index contributed by atoms with van der Waals surface area (Å²) in [6.45, 7) is 6.33. The molecule has 1 amide bonds. The first kappa shape index (κ1) is 12.5. The Balaban J connectivity index is 2.62. The Bertz CT molecular complexity index is 208. The smallest absolute Gasteiger partial charge is 0.239 e. The monoisotopic (exact) mass is 212 g/mol. The van der Waals surface area contributed by atoms with Crippen molar-refractivity contribution in [1.82, 2.24) is 4.90 Å². The number of hydrogen-bond donors (Lipinski definition) is 1. The molecule has 0 aromatic rings. The van der Waals surface area contributed by atoms with Gasteiger partial charge in [0.2, 0.25) is 5.91 Å². The summed E-state index contributed by atoms with van der Waals surface area (Å²) in [4.78, 5) is 14.1. The maximum Gasteiger partial charge on any atom is 0.239 e. The SMILES string of the molecule is CCC[C@H](N)C(=O)N1C(C)CCCC1C. The number of amides is 1. The fraction of sp³-hybridized carbons (Fsp3) is 0.917. The van der Waals surface area contributed by atoms with Gasteiger partial charge in [-0.1, -0.05) is 13.3 Å². The number of hydrogen-bond acceptors (Lipinski definition) is 2. The maximum absolute atomic E-state index is 12.1. The van der Waals surface area contributed by atoms with Crippen molar-refractivity contribution in [2.75, 3.05) is 0 Å². The molecule has 0 radical (unpaired) electrons. The predicted molar refractivity (Wildman–Crippen MR) is 62.5 cm³/mol. The van der Waals surface area contributed by atoms with Gasteiger partial charge >= 0.3 is 0 Å². The van der Waals surface area contributed by atoms with Crippen LogP contribution < -0.4 is 5.73 Å². The molecule has 0 aromatic heterocycles. The molecule has 0 saturated carbocycles. The second-order valence-corrected chi connectivity index (χ2v) is 4.77. The van der Waals surface area contributed by atoms with Gasteiger partial charge in [-0.05, 0) is 39.5 Å². The molecule has 3 nitrogen and oxygen atoms in total. The predicted octanol–water partition coefficient (Wildman–Crippen LogP) is 1.90. The number of likely N-dealkylation sites (tertiary alicyclic amines) is 1. The standard InChI is InChI=1S/C12H24N2O/c1-4-6-11(13)12(15)14-9(2)7-5-8-10(14)3/h9-11H,4-8,13H2,1-3H3/t9?,10?,11-/m0/s1. The van der Waals surface area contributed by atoms with E-state index in [9.17, 15) is 4.79 Å². The lowest BCUT2D eigenvalue weighted by atomic mass is 9.96. The second-order valence-electron chi connectivity index (χ2n) is 4.77. The third-order valence-electron chi connectivity index (χ3n) is 3.36. The van der Waals surface area contributed by atoms with Crippen molar-refractivity contribution in [2.45, 2.75) is 71.0 Å². The molecule has 2 unspecified atom stereocenters. The highest BCUT2D eigenvalue weighted by molar-refractivity contribution is 5.82. The van der Waals surface area contributed by atoms with Crippen molar-refractivity contribution in [3.8, 4) is 0 Å². The molecule has 1 rings (SSSR count). The number of rotatable bonds is 3. The Morgan fingerprint density at radius 3 is 2.40 bits per heavy atom. The number of nitrogens with zero attached hydrogens (tertiary/aromatic N) is 1. The van der Waals surface area contributed by atoms with Crippen molar-refractivity contribution >= 4 is 5.91 Å². The van der Waals surface area contributed by atoms with E-state index >= 15 is 0 Å². The lowest BCUT2D eigenvalue weighted by Crippen LogP contribution is -2.53. The Morgan fingerprint density at radius 1 is 1.40 bits per heavy atom. The van der Waals surface area contributed by atoms with E-state index in [1.807, 2.05) is 4.90 Å². The van der Waals surface area contributed by atoms with Gasteiger partial charge in [0, 0.05) is 12.1 Å². The van der Waals surface area contributed by atoms with Crippen LogP contribution in [0.2, 0.25) is 0 Å². The summed E-state index contributed by atoms with van der Waals surface area (Å²) >= 11 is 0. The molecule has 3 atom stereocenters. The van der Waals surface area contributed by atoms with Crippen LogP contribution in [0.4, 0.5) is 0 Å². The molecule has 0 bridgehead atoms. The van der Waals surface area contributed by atoms with Gasteiger partial charge < -0.3 is 10.6 Å². The summed E-state index contributed by atoms with van der Waals surface area (Å²) in [6.07, 6.45) is 5.25. The number of carbonyl (C=O) groups excluding carboxylic acids is 1. The van der Waals surface area contributed by atoms with E-state index in [1.54, 1.807) is 0 Å². The maximum atomic E-state index is 12.1. The molecule has 15 heavy (non-hydrogen) atoms. The molecular weight excluding hydrogens is 188 g/mol. The van der Waals surface area contributed by atoms with E-state index in [4.69, 9.17) is 5.73 Å². The number of carbonyl (C=O) groups is 1. The first-order chi connectivity index (χ1) is 7.07. The lowest BCUT2D eigenvalue weighted by Gasteiger charge is -2.40.